The quantitative estimate of drug-likeness (QED) is 0.173. The second-order valence-corrected chi connectivity index (χ2v) is 3.02. The summed E-state index contributed by atoms with van der Waals surface area (Å²) in [6, 6.07) is 7.61. The number of hydrazine groups is 2. The fraction of sp³-hybridized carbons (Fsp3) is 0.111. The number of hydrogen-bond acceptors (Lipinski definition) is 5. The topological polar surface area (TPSA) is 130 Å². The lowest BCUT2D eigenvalue weighted by molar-refractivity contribution is -0.155. The average molecular weight is 224 g/mol. The van der Waals surface area contributed by atoms with Crippen molar-refractivity contribution in [1.29, 1.82) is 0 Å². The third-order valence-electron chi connectivity index (χ3n) is 2.11. The van der Waals surface area contributed by atoms with Crippen molar-refractivity contribution < 1.29 is 14.7 Å². The minimum Gasteiger partial charge on any atom is -0.368 e. The number of carbonyl (C=O) groups is 2. The van der Waals surface area contributed by atoms with E-state index in [0.29, 0.717) is 0 Å². The maximum Gasteiger partial charge on any atom is 0.280 e. The van der Waals surface area contributed by atoms with Crippen LogP contribution in [0.5, 0.6) is 0 Å². The van der Waals surface area contributed by atoms with Gasteiger partial charge in [0.15, 0.2) is 0 Å². The first-order chi connectivity index (χ1) is 7.57. The number of nitrogens with one attached hydrogen (secondary N) is 2. The summed E-state index contributed by atoms with van der Waals surface area (Å²) in [5.74, 6) is 7.68. The molecule has 0 unspecified atom stereocenters. The van der Waals surface area contributed by atoms with E-state index in [-0.39, 0.29) is 5.56 Å². The highest BCUT2D eigenvalue weighted by molar-refractivity contribution is 6.08. The summed E-state index contributed by atoms with van der Waals surface area (Å²) >= 11 is 0. The summed E-state index contributed by atoms with van der Waals surface area (Å²) in [5, 5.41) is 10.0. The van der Waals surface area contributed by atoms with E-state index in [9.17, 15) is 14.7 Å². The normalized spacial score (nSPS) is 10.7. The third-order valence-corrected chi connectivity index (χ3v) is 2.11. The molecule has 0 saturated heterocycles. The van der Waals surface area contributed by atoms with Crippen LogP contribution in [0.4, 0.5) is 0 Å². The second kappa shape index (κ2) is 4.71. The van der Waals surface area contributed by atoms with Gasteiger partial charge in [-0.2, -0.15) is 0 Å². The first kappa shape index (κ1) is 12.1. The zero-order valence-electron chi connectivity index (χ0n) is 8.31. The number of nitrogens with two attached hydrogens (primary N) is 2. The standard InChI is InChI=1S/C9H12N4O3/c10-12-7(14)9(16,8(15)13-11)6-4-2-1-3-5-6/h1-5,16H,10-11H2,(H,12,14)(H,13,15). The van der Waals surface area contributed by atoms with Crippen LogP contribution >= 0.6 is 0 Å². The predicted octanol–water partition coefficient (Wildman–Crippen LogP) is -2.15. The van der Waals surface area contributed by atoms with Crippen LogP contribution in [0.1, 0.15) is 5.56 Å². The molecule has 0 bridgehead atoms. The number of amides is 2. The van der Waals surface area contributed by atoms with Crippen molar-refractivity contribution in [1.82, 2.24) is 10.9 Å². The van der Waals surface area contributed by atoms with E-state index in [1.807, 2.05) is 0 Å². The molecule has 7 N–H and O–H groups in total. The molecule has 0 aliphatic rings. The maximum atomic E-state index is 11.4. The average Bonchev–Trinajstić information content (AvgIpc) is 2.36. The molecule has 0 radical (unpaired) electrons. The minimum absolute atomic E-state index is 0.0703. The molecule has 1 rings (SSSR count). The molecule has 0 spiro atoms. The molecule has 0 atom stereocenters. The van der Waals surface area contributed by atoms with Crippen LogP contribution in [-0.4, -0.2) is 16.9 Å². The largest absolute Gasteiger partial charge is 0.368 e. The number of hydrogen-bond donors (Lipinski definition) is 5. The van der Waals surface area contributed by atoms with E-state index >= 15 is 0 Å². The van der Waals surface area contributed by atoms with Gasteiger partial charge in [-0.3, -0.25) is 20.4 Å². The lowest BCUT2D eigenvalue weighted by atomic mass is 9.92. The summed E-state index contributed by atoms with van der Waals surface area (Å²) in [6.45, 7) is 0. The molecule has 86 valence electrons. The van der Waals surface area contributed by atoms with E-state index in [1.54, 1.807) is 29.1 Å². The van der Waals surface area contributed by atoms with Gasteiger partial charge in [-0.15, -0.1) is 0 Å². The molecule has 16 heavy (non-hydrogen) atoms. The molecular formula is C9H12N4O3. The zero-order valence-corrected chi connectivity index (χ0v) is 8.31. The van der Waals surface area contributed by atoms with Crippen LogP contribution < -0.4 is 22.5 Å². The molecule has 7 heteroatoms. The van der Waals surface area contributed by atoms with Crippen molar-refractivity contribution in [2.75, 3.05) is 0 Å². The lowest BCUT2D eigenvalue weighted by Gasteiger charge is -2.23. The third kappa shape index (κ3) is 1.87. The van der Waals surface area contributed by atoms with Gasteiger partial charge in [0.25, 0.3) is 17.4 Å². The molecule has 2 amide bonds. The monoisotopic (exact) mass is 224 g/mol. The molecular weight excluding hydrogens is 212 g/mol. The number of carbonyl (C=O) groups excluding carboxylic acids is 2. The molecule has 1 aromatic carbocycles. The summed E-state index contributed by atoms with van der Waals surface area (Å²) < 4.78 is 0. The lowest BCUT2D eigenvalue weighted by Crippen LogP contribution is -2.57. The van der Waals surface area contributed by atoms with Gasteiger partial charge in [-0.25, -0.2) is 11.7 Å². The van der Waals surface area contributed by atoms with E-state index in [0.717, 1.165) is 0 Å². The Balaban J connectivity index is 3.26. The Kier molecular flexibility index (Phi) is 3.56. The Morgan fingerprint density at radius 3 is 1.88 bits per heavy atom. The highest BCUT2D eigenvalue weighted by atomic mass is 16.3. The van der Waals surface area contributed by atoms with E-state index < -0.39 is 17.4 Å². The van der Waals surface area contributed by atoms with Crippen LogP contribution in [-0.2, 0) is 15.2 Å². The van der Waals surface area contributed by atoms with E-state index in [1.165, 1.54) is 12.1 Å². The number of aliphatic hydroxyl groups is 1. The van der Waals surface area contributed by atoms with Gasteiger partial charge in [-0.05, 0) is 0 Å². The van der Waals surface area contributed by atoms with Gasteiger partial charge >= 0.3 is 0 Å². The van der Waals surface area contributed by atoms with Gasteiger partial charge < -0.3 is 5.11 Å². The summed E-state index contributed by atoms with van der Waals surface area (Å²) in [7, 11) is 0. The Bertz CT molecular complexity index is 377. The number of benzene rings is 1. The van der Waals surface area contributed by atoms with E-state index in [2.05, 4.69) is 0 Å². The maximum absolute atomic E-state index is 11.4. The molecule has 0 aromatic heterocycles. The van der Waals surface area contributed by atoms with Gasteiger partial charge in [-0.1, -0.05) is 30.3 Å². The van der Waals surface area contributed by atoms with Crippen molar-refractivity contribution >= 4 is 11.8 Å². The Hall–Kier alpha value is -1.96. The molecule has 0 aliphatic carbocycles. The highest BCUT2D eigenvalue weighted by Gasteiger charge is 2.45. The fourth-order valence-electron chi connectivity index (χ4n) is 1.25. The Labute approximate surface area is 91.4 Å². The van der Waals surface area contributed by atoms with Crippen LogP contribution in [0, 0.1) is 0 Å². The molecule has 0 heterocycles. The fourth-order valence-corrected chi connectivity index (χ4v) is 1.25. The molecule has 1 aromatic rings. The van der Waals surface area contributed by atoms with Crippen LogP contribution in [0.15, 0.2) is 30.3 Å². The van der Waals surface area contributed by atoms with Crippen molar-refractivity contribution in [2.24, 2.45) is 11.7 Å². The van der Waals surface area contributed by atoms with Crippen molar-refractivity contribution in [3.63, 3.8) is 0 Å². The van der Waals surface area contributed by atoms with Gasteiger partial charge in [0, 0.05) is 5.56 Å². The van der Waals surface area contributed by atoms with Crippen LogP contribution in [0.25, 0.3) is 0 Å². The SMILES string of the molecule is NNC(=O)C(O)(C(=O)NN)c1ccccc1. The molecule has 0 saturated carbocycles. The second-order valence-electron chi connectivity index (χ2n) is 3.02. The van der Waals surface area contributed by atoms with Crippen molar-refractivity contribution in [3.05, 3.63) is 35.9 Å². The highest BCUT2D eigenvalue weighted by Crippen LogP contribution is 2.21. The molecule has 0 aliphatic heterocycles. The zero-order chi connectivity index (χ0) is 12.2. The molecule has 0 fully saturated rings. The number of rotatable bonds is 3. The van der Waals surface area contributed by atoms with Gasteiger partial charge in [0.1, 0.15) is 0 Å². The van der Waals surface area contributed by atoms with Gasteiger partial charge in [0.05, 0.1) is 0 Å². The van der Waals surface area contributed by atoms with E-state index in [4.69, 9.17) is 11.7 Å². The summed E-state index contributed by atoms with van der Waals surface area (Å²) in [5.41, 5.74) is 1.06. The smallest absolute Gasteiger partial charge is 0.280 e. The Morgan fingerprint density at radius 2 is 1.50 bits per heavy atom. The summed E-state index contributed by atoms with van der Waals surface area (Å²) in [6.07, 6.45) is 0. The first-order valence-electron chi connectivity index (χ1n) is 4.37. The van der Waals surface area contributed by atoms with Gasteiger partial charge in [0.2, 0.25) is 0 Å². The van der Waals surface area contributed by atoms with Crippen molar-refractivity contribution in [2.45, 2.75) is 5.60 Å². The Morgan fingerprint density at radius 1 is 1.06 bits per heavy atom. The molecule has 7 nitrogen and oxygen atoms in total. The van der Waals surface area contributed by atoms with Crippen LogP contribution in [0.2, 0.25) is 0 Å². The minimum atomic E-state index is -2.44. The van der Waals surface area contributed by atoms with Crippen molar-refractivity contribution in [3.8, 4) is 0 Å². The predicted molar refractivity (Wildman–Crippen MR) is 55.0 cm³/mol. The van der Waals surface area contributed by atoms with Crippen LogP contribution in [0.3, 0.4) is 0 Å². The summed E-state index contributed by atoms with van der Waals surface area (Å²) in [4.78, 5) is 22.9. The first-order valence-corrected chi connectivity index (χ1v) is 4.37.